The minimum Gasteiger partial charge on any atom is -0.465 e. The van der Waals surface area contributed by atoms with Gasteiger partial charge in [0.25, 0.3) is 0 Å². The first-order chi connectivity index (χ1) is 14.1. The first-order valence-electron chi connectivity index (χ1n) is 10.1. The molecule has 7 heteroatoms. The highest BCUT2D eigenvalue weighted by molar-refractivity contribution is 5.81. The second kappa shape index (κ2) is 8.28. The van der Waals surface area contributed by atoms with Crippen LogP contribution in [0.2, 0.25) is 0 Å². The number of H-pyrrole nitrogens is 1. The molecule has 0 saturated carbocycles. The zero-order valence-corrected chi connectivity index (χ0v) is 17.4. The van der Waals surface area contributed by atoms with Crippen molar-refractivity contribution in [2.45, 2.75) is 52.1 Å². The highest BCUT2D eigenvalue weighted by atomic mass is 19.4. The fourth-order valence-corrected chi connectivity index (χ4v) is 4.03. The molecule has 1 N–H and O–H groups in total. The number of rotatable bonds is 7. The van der Waals surface area contributed by atoms with Gasteiger partial charge in [0, 0.05) is 0 Å². The number of benzene rings is 1. The molecule has 0 spiro atoms. The Labute approximate surface area is 174 Å². The number of halogens is 3. The molecule has 1 aromatic heterocycles. The second-order valence-electron chi connectivity index (χ2n) is 8.46. The van der Waals surface area contributed by atoms with Crippen LogP contribution in [0.25, 0.3) is 11.0 Å². The van der Waals surface area contributed by atoms with Crippen LogP contribution in [0, 0.1) is 10.8 Å². The molecule has 1 aromatic carbocycles. The highest BCUT2D eigenvalue weighted by Crippen LogP contribution is 2.51. The van der Waals surface area contributed by atoms with Gasteiger partial charge in [0.1, 0.15) is 11.7 Å². The van der Waals surface area contributed by atoms with Gasteiger partial charge in [-0.3, -0.25) is 4.79 Å². The number of aromatic amines is 1. The summed E-state index contributed by atoms with van der Waals surface area (Å²) in [6.45, 7) is 5.49. The third-order valence-electron chi connectivity index (χ3n) is 5.91. The Balaban J connectivity index is 1.92. The smallest absolute Gasteiger partial charge is 0.398 e. The fraction of sp³-hybridized carbons (Fsp3) is 0.478. The summed E-state index contributed by atoms with van der Waals surface area (Å²) in [5.74, 6) is -0.875. The van der Waals surface area contributed by atoms with Crippen LogP contribution in [0.15, 0.2) is 48.6 Å². The molecule has 0 amide bonds. The van der Waals surface area contributed by atoms with E-state index < -0.39 is 28.9 Å². The second-order valence-corrected chi connectivity index (χ2v) is 8.46. The Morgan fingerprint density at radius 2 is 2.00 bits per heavy atom. The van der Waals surface area contributed by atoms with Crippen molar-refractivity contribution in [3.05, 3.63) is 54.4 Å². The lowest BCUT2D eigenvalue weighted by Crippen LogP contribution is -2.39. The number of carbonyl (C=O) groups is 1. The lowest BCUT2D eigenvalue weighted by atomic mass is 9.68. The van der Waals surface area contributed by atoms with E-state index in [-0.39, 0.29) is 25.9 Å². The first-order valence-corrected chi connectivity index (χ1v) is 10.1. The molecule has 0 saturated heterocycles. The summed E-state index contributed by atoms with van der Waals surface area (Å²) in [7, 11) is 0. The minimum absolute atomic E-state index is 0.0994. The van der Waals surface area contributed by atoms with Crippen molar-refractivity contribution < 1.29 is 22.7 Å². The van der Waals surface area contributed by atoms with Gasteiger partial charge >= 0.3 is 12.1 Å². The van der Waals surface area contributed by atoms with Crippen LogP contribution in [0.1, 0.15) is 51.8 Å². The third kappa shape index (κ3) is 4.30. The monoisotopic (exact) mass is 420 g/mol. The van der Waals surface area contributed by atoms with Crippen LogP contribution >= 0.6 is 0 Å². The highest BCUT2D eigenvalue weighted by Gasteiger charge is 2.53. The number of alkyl halides is 3. The van der Waals surface area contributed by atoms with Gasteiger partial charge in [0.2, 0.25) is 0 Å². The normalized spacial score (nSPS) is 20.5. The van der Waals surface area contributed by atoms with Gasteiger partial charge in [0.15, 0.2) is 0 Å². The van der Waals surface area contributed by atoms with E-state index >= 15 is 0 Å². The predicted octanol–water partition coefficient (Wildman–Crippen LogP) is 6.08. The summed E-state index contributed by atoms with van der Waals surface area (Å²) in [5, 5.41) is 0. The molecule has 0 radical (unpaired) electrons. The van der Waals surface area contributed by atoms with Gasteiger partial charge in [-0.05, 0) is 43.7 Å². The maximum atomic E-state index is 13.9. The maximum Gasteiger partial charge on any atom is 0.398 e. The summed E-state index contributed by atoms with van der Waals surface area (Å²) >= 11 is 0. The SMILES string of the molecule is CCOC(=O)C(c1nc2ccccc2[nH]1)C(C)(C)CCC1(C(F)(F)F)C=CC=CC1. The molecule has 0 bridgehead atoms. The number of ether oxygens (including phenoxy) is 1. The third-order valence-corrected chi connectivity index (χ3v) is 5.91. The number of aromatic nitrogens is 2. The van der Waals surface area contributed by atoms with Crippen LogP contribution in [-0.2, 0) is 9.53 Å². The average molecular weight is 420 g/mol. The lowest BCUT2D eigenvalue weighted by Gasteiger charge is -2.38. The fourth-order valence-electron chi connectivity index (χ4n) is 4.03. The Morgan fingerprint density at radius 1 is 1.27 bits per heavy atom. The molecule has 2 unspecified atom stereocenters. The van der Waals surface area contributed by atoms with E-state index in [4.69, 9.17) is 4.74 Å². The number of para-hydroxylation sites is 2. The molecule has 1 heterocycles. The average Bonchev–Trinajstić information content (AvgIpc) is 3.09. The number of nitrogens with one attached hydrogen (secondary N) is 1. The first kappa shape index (κ1) is 22.1. The van der Waals surface area contributed by atoms with Crippen molar-refractivity contribution in [2.24, 2.45) is 10.8 Å². The summed E-state index contributed by atoms with van der Waals surface area (Å²) in [4.78, 5) is 20.6. The molecule has 1 aliphatic carbocycles. The Morgan fingerprint density at radius 3 is 2.60 bits per heavy atom. The van der Waals surface area contributed by atoms with Gasteiger partial charge in [-0.2, -0.15) is 13.2 Å². The zero-order chi connectivity index (χ0) is 22.0. The van der Waals surface area contributed by atoms with Gasteiger partial charge in [-0.15, -0.1) is 0 Å². The number of imidazole rings is 1. The van der Waals surface area contributed by atoms with Crippen LogP contribution in [0.5, 0.6) is 0 Å². The summed E-state index contributed by atoms with van der Waals surface area (Å²) < 4.78 is 47.0. The Kier molecular flexibility index (Phi) is 6.11. The van der Waals surface area contributed by atoms with Crippen LogP contribution in [-0.4, -0.2) is 28.7 Å². The van der Waals surface area contributed by atoms with Crippen molar-refractivity contribution in [2.75, 3.05) is 6.61 Å². The molecule has 162 valence electrons. The molecule has 0 fully saturated rings. The van der Waals surface area contributed by atoms with Crippen LogP contribution < -0.4 is 0 Å². The Bertz CT molecular complexity index is 926. The predicted molar refractivity (Wildman–Crippen MR) is 110 cm³/mol. The van der Waals surface area contributed by atoms with Gasteiger partial charge < -0.3 is 9.72 Å². The molecular weight excluding hydrogens is 393 g/mol. The Hall–Kier alpha value is -2.57. The maximum absolute atomic E-state index is 13.9. The lowest BCUT2D eigenvalue weighted by molar-refractivity contribution is -0.209. The molecule has 2 atom stereocenters. The molecule has 30 heavy (non-hydrogen) atoms. The molecule has 4 nitrogen and oxygen atoms in total. The number of fused-ring (bicyclic) bond motifs is 1. The van der Waals surface area contributed by atoms with Crippen molar-refractivity contribution in [1.29, 1.82) is 0 Å². The van der Waals surface area contributed by atoms with E-state index in [2.05, 4.69) is 9.97 Å². The molecular formula is C23H27F3N2O2. The quantitative estimate of drug-likeness (QED) is 0.552. The van der Waals surface area contributed by atoms with Gasteiger partial charge in [0.05, 0.1) is 23.1 Å². The number of carbonyl (C=O) groups excluding carboxylic acids is 1. The zero-order valence-electron chi connectivity index (χ0n) is 17.4. The largest absolute Gasteiger partial charge is 0.465 e. The van der Waals surface area contributed by atoms with Gasteiger partial charge in [-0.25, -0.2) is 4.98 Å². The molecule has 3 rings (SSSR count). The van der Waals surface area contributed by atoms with E-state index in [1.807, 2.05) is 24.3 Å². The van der Waals surface area contributed by atoms with E-state index in [1.54, 1.807) is 32.9 Å². The number of esters is 1. The van der Waals surface area contributed by atoms with Crippen molar-refractivity contribution >= 4 is 17.0 Å². The van der Waals surface area contributed by atoms with Crippen LogP contribution in [0.4, 0.5) is 13.2 Å². The number of hydrogen-bond donors (Lipinski definition) is 1. The summed E-state index contributed by atoms with van der Waals surface area (Å²) in [6, 6.07) is 7.36. The van der Waals surface area contributed by atoms with E-state index in [1.165, 1.54) is 12.2 Å². The van der Waals surface area contributed by atoms with Gasteiger partial charge in [-0.1, -0.05) is 50.3 Å². The standard InChI is InChI=1S/C23H27F3N2O2/c1-4-30-20(29)18(19-27-16-10-6-7-11-17(16)28-19)21(2,3)14-15-22(23(24,25)26)12-8-5-9-13-22/h5-12,18H,4,13-15H2,1-3H3,(H,27,28). The number of allylic oxidation sites excluding steroid dienone is 4. The van der Waals surface area contributed by atoms with E-state index in [0.717, 1.165) is 5.52 Å². The van der Waals surface area contributed by atoms with E-state index in [9.17, 15) is 18.0 Å². The van der Waals surface area contributed by atoms with E-state index in [0.29, 0.717) is 11.3 Å². The summed E-state index contributed by atoms with van der Waals surface area (Å²) in [5.41, 5.74) is -1.27. The summed E-state index contributed by atoms with van der Waals surface area (Å²) in [6.07, 6.45) is 1.44. The molecule has 1 aliphatic rings. The number of nitrogens with zero attached hydrogens (tertiary/aromatic N) is 1. The van der Waals surface area contributed by atoms with Crippen molar-refractivity contribution in [3.8, 4) is 0 Å². The topological polar surface area (TPSA) is 55.0 Å². The molecule has 0 aliphatic heterocycles. The minimum atomic E-state index is -4.37. The van der Waals surface area contributed by atoms with Crippen molar-refractivity contribution in [1.82, 2.24) is 9.97 Å². The van der Waals surface area contributed by atoms with Crippen LogP contribution in [0.3, 0.4) is 0 Å². The van der Waals surface area contributed by atoms with Crippen molar-refractivity contribution in [3.63, 3.8) is 0 Å². The molecule has 2 aromatic rings. The number of hydrogen-bond acceptors (Lipinski definition) is 3.